The number of hydrogen-bond acceptors (Lipinski definition) is 4. The van der Waals surface area contributed by atoms with E-state index in [-0.39, 0.29) is 57.6 Å². The molecule has 0 amide bonds. The van der Waals surface area contributed by atoms with Crippen molar-refractivity contribution in [2.75, 3.05) is 0 Å². The smallest absolute Gasteiger partial charge is 0.155 e. The van der Waals surface area contributed by atoms with E-state index in [1.54, 1.807) is 12.4 Å². The van der Waals surface area contributed by atoms with Crippen molar-refractivity contribution in [3.8, 4) is 0 Å². The van der Waals surface area contributed by atoms with E-state index in [9.17, 15) is 4.79 Å². The molecule has 3 aromatic rings. The fourth-order valence-corrected chi connectivity index (χ4v) is 1.97. The standard InChI is InChI=1S/C12H8N2.C5H8O2.C3H8.CH3.Tb/c1-3-9-5-6-10-4-2-8-14-12(10)11(9)13-7-1;1-4(6)3-5(2)7;1-3-2;;/h1-8H;3,6H,1-2H3;3H2,1-2H3;1H3;/q;;;-1;/b;4-3-;;;. The molecule has 1 aromatic carbocycles. The molecule has 0 aliphatic carbocycles. The van der Waals surface area contributed by atoms with Crippen LogP contribution in [0.25, 0.3) is 21.8 Å². The fraction of sp³-hybridized carbons (Fsp3) is 0.238. The van der Waals surface area contributed by atoms with Crippen molar-refractivity contribution in [3.63, 3.8) is 0 Å². The topological polar surface area (TPSA) is 63.1 Å². The predicted octanol–water partition coefficient (Wildman–Crippen LogP) is 5.69. The summed E-state index contributed by atoms with van der Waals surface area (Å²) in [6.45, 7) is 7.10. The summed E-state index contributed by atoms with van der Waals surface area (Å²) in [5, 5.41) is 10.6. The first-order chi connectivity index (χ1) is 11.5. The molecule has 0 aliphatic rings. The van der Waals surface area contributed by atoms with Gasteiger partial charge in [0, 0.05) is 67.9 Å². The van der Waals surface area contributed by atoms with Gasteiger partial charge in [-0.25, -0.2) is 0 Å². The van der Waals surface area contributed by atoms with Crippen molar-refractivity contribution in [3.05, 3.63) is 68.1 Å². The Labute approximate surface area is 187 Å². The normalized spacial score (nSPS) is 9.62. The quantitative estimate of drug-likeness (QED) is 0.203. The average molecular weight is 498 g/mol. The third-order valence-electron chi connectivity index (χ3n) is 2.76. The van der Waals surface area contributed by atoms with Gasteiger partial charge in [0.1, 0.15) is 0 Å². The van der Waals surface area contributed by atoms with Crippen molar-refractivity contribution in [2.24, 2.45) is 0 Å². The molecule has 3 rings (SSSR count). The summed E-state index contributed by atoms with van der Waals surface area (Å²) in [7, 11) is 0. The first kappa shape index (κ1) is 26.8. The van der Waals surface area contributed by atoms with Gasteiger partial charge in [-0.05, 0) is 26.0 Å². The van der Waals surface area contributed by atoms with E-state index < -0.39 is 0 Å². The van der Waals surface area contributed by atoms with Crippen molar-refractivity contribution in [1.29, 1.82) is 0 Å². The number of benzene rings is 1. The zero-order valence-electron chi connectivity index (χ0n) is 16.0. The number of pyridine rings is 2. The van der Waals surface area contributed by atoms with Crippen molar-refractivity contribution in [1.82, 2.24) is 9.97 Å². The van der Waals surface area contributed by atoms with E-state index in [1.165, 1.54) is 26.3 Å². The van der Waals surface area contributed by atoms with Gasteiger partial charge < -0.3 is 12.5 Å². The molecule has 4 nitrogen and oxygen atoms in total. The molecular weight excluding hydrogens is 471 g/mol. The van der Waals surface area contributed by atoms with Crippen LogP contribution in [0.2, 0.25) is 0 Å². The van der Waals surface area contributed by atoms with Crippen LogP contribution >= 0.6 is 0 Å². The number of rotatable bonds is 1. The molecule has 26 heavy (non-hydrogen) atoms. The molecule has 1 radical (unpaired) electrons. The molecule has 0 spiro atoms. The molecule has 5 heteroatoms. The van der Waals surface area contributed by atoms with Crippen LogP contribution in [0.4, 0.5) is 0 Å². The van der Waals surface area contributed by atoms with Gasteiger partial charge >= 0.3 is 0 Å². The van der Waals surface area contributed by atoms with Crippen LogP contribution in [-0.4, -0.2) is 20.9 Å². The fourth-order valence-electron chi connectivity index (χ4n) is 1.97. The summed E-state index contributed by atoms with van der Waals surface area (Å²) in [6, 6.07) is 12.1. The van der Waals surface area contributed by atoms with Gasteiger partial charge in [0.05, 0.1) is 16.8 Å². The van der Waals surface area contributed by atoms with E-state index in [0.717, 1.165) is 21.8 Å². The van der Waals surface area contributed by atoms with E-state index in [0.29, 0.717) is 0 Å². The van der Waals surface area contributed by atoms with E-state index >= 15 is 0 Å². The molecular formula is C21H27N2O2Tb-. The van der Waals surface area contributed by atoms with Gasteiger partial charge in [-0.2, -0.15) is 0 Å². The van der Waals surface area contributed by atoms with Gasteiger partial charge in [0.25, 0.3) is 0 Å². The Kier molecular flexibility index (Phi) is 15.1. The minimum absolute atomic E-state index is 0. The number of hydrogen-bond donors (Lipinski definition) is 1. The molecule has 2 heterocycles. The summed E-state index contributed by atoms with van der Waals surface area (Å²) in [5.41, 5.74) is 1.95. The molecule has 0 aliphatic heterocycles. The molecule has 0 saturated heterocycles. The largest absolute Gasteiger partial charge is 0.512 e. The number of carbonyl (C=O) groups excluding carboxylic acids is 1. The molecule has 0 bridgehead atoms. The molecule has 0 saturated carbocycles. The summed E-state index contributed by atoms with van der Waals surface area (Å²) >= 11 is 0. The maximum atomic E-state index is 10.0. The molecule has 143 valence electrons. The Balaban J connectivity index is 0. The monoisotopic (exact) mass is 498 g/mol. The summed E-state index contributed by atoms with van der Waals surface area (Å²) < 4.78 is 0. The van der Waals surface area contributed by atoms with Crippen LogP contribution in [0.15, 0.2) is 60.6 Å². The number of aliphatic hydroxyl groups is 1. The average Bonchev–Trinajstić information content (AvgIpc) is 2.55. The molecule has 0 fully saturated rings. The Morgan fingerprint density at radius 3 is 1.62 bits per heavy atom. The summed E-state index contributed by atoms with van der Waals surface area (Å²) in [6.07, 6.45) is 6.02. The zero-order valence-corrected chi connectivity index (χ0v) is 18.1. The van der Waals surface area contributed by atoms with Crippen LogP contribution in [0.5, 0.6) is 0 Å². The van der Waals surface area contributed by atoms with Gasteiger partial charge in [-0.3, -0.25) is 14.8 Å². The van der Waals surface area contributed by atoms with E-state index in [1.807, 2.05) is 12.1 Å². The third kappa shape index (κ3) is 9.29. The second kappa shape index (κ2) is 14.7. The Morgan fingerprint density at radius 1 is 0.962 bits per heavy atom. The maximum absolute atomic E-state index is 10.0. The molecule has 0 unspecified atom stereocenters. The number of allylic oxidation sites excluding steroid dienone is 2. The van der Waals surface area contributed by atoms with Gasteiger partial charge in [-0.1, -0.05) is 44.5 Å². The molecule has 2 aromatic heterocycles. The first-order valence-electron chi connectivity index (χ1n) is 7.95. The van der Waals surface area contributed by atoms with Crippen molar-refractivity contribution < 1.29 is 48.5 Å². The SMILES string of the molecule is CC(=O)/C=C(/C)O.CCC.[CH3-].[Tb].c1cnc2c(c1)ccc1cccnc12. The number of aromatic nitrogens is 2. The second-order valence-corrected chi connectivity index (χ2v) is 5.32. The van der Waals surface area contributed by atoms with E-state index in [2.05, 4.69) is 48.1 Å². The van der Waals surface area contributed by atoms with E-state index in [4.69, 9.17) is 5.11 Å². The number of aliphatic hydroxyl groups excluding tert-OH is 1. The Hall–Kier alpha value is -1.46. The van der Waals surface area contributed by atoms with Gasteiger partial charge in [0.15, 0.2) is 5.78 Å². The third-order valence-corrected chi connectivity index (χ3v) is 2.76. The van der Waals surface area contributed by atoms with Gasteiger partial charge in [-0.15, -0.1) is 0 Å². The number of carbonyl (C=O) groups is 1. The minimum Gasteiger partial charge on any atom is -0.512 e. The number of fused-ring (bicyclic) bond motifs is 3. The summed E-state index contributed by atoms with van der Waals surface area (Å²) in [4.78, 5) is 18.7. The summed E-state index contributed by atoms with van der Waals surface area (Å²) in [5.74, 6) is -0.0625. The number of nitrogens with zero attached hydrogens (tertiary/aromatic N) is 2. The van der Waals surface area contributed by atoms with Gasteiger partial charge in [0.2, 0.25) is 0 Å². The minimum atomic E-state index is -0.125. The molecule has 1 N–H and O–H groups in total. The second-order valence-electron chi connectivity index (χ2n) is 5.32. The zero-order chi connectivity index (χ0) is 17.9. The van der Waals surface area contributed by atoms with Crippen LogP contribution in [-0.2, 0) is 4.79 Å². The van der Waals surface area contributed by atoms with Crippen molar-refractivity contribution >= 4 is 27.6 Å². The van der Waals surface area contributed by atoms with Crippen LogP contribution < -0.4 is 0 Å². The Bertz CT molecular complexity index is 773. The van der Waals surface area contributed by atoms with Crippen LogP contribution in [0.3, 0.4) is 0 Å². The van der Waals surface area contributed by atoms with Crippen LogP contribution in [0, 0.1) is 46.0 Å². The van der Waals surface area contributed by atoms with Crippen molar-refractivity contribution in [2.45, 2.75) is 34.1 Å². The number of ketones is 1. The maximum Gasteiger partial charge on any atom is 0.155 e. The predicted molar refractivity (Wildman–Crippen MR) is 106 cm³/mol. The van der Waals surface area contributed by atoms with Crippen LogP contribution in [0.1, 0.15) is 34.1 Å². The first-order valence-corrected chi connectivity index (χ1v) is 7.95. The molecule has 0 atom stereocenters. The Morgan fingerprint density at radius 2 is 1.35 bits per heavy atom.